The van der Waals surface area contributed by atoms with Crippen LogP contribution in [0.5, 0.6) is 0 Å². The summed E-state index contributed by atoms with van der Waals surface area (Å²) in [5.41, 5.74) is 2.47. The number of benzene rings is 2. The van der Waals surface area contributed by atoms with Crippen LogP contribution in [0.3, 0.4) is 0 Å². The molecule has 2 N–H and O–H groups in total. The second-order valence-electron chi connectivity index (χ2n) is 5.98. The molecule has 0 amide bonds. The van der Waals surface area contributed by atoms with Gasteiger partial charge in [-0.2, -0.15) is 0 Å². The molecule has 2 aromatic rings. The second kappa shape index (κ2) is 8.33. The first-order valence-electron chi connectivity index (χ1n) is 8.80. The first kappa shape index (κ1) is 18.4. The highest BCUT2D eigenvalue weighted by molar-refractivity contribution is 7.89. The normalized spacial score (nSPS) is 14.3. The summed E-state index contributed by atoms with van der Waals surface area (Å²) < 4.78 is 27.1. The average Bonchev–Trinajstić information content (AvgIpc) is 3.09. The molecule has 0 radical (unpaired) electrons. The van der Waals surface area contributed by atoms with Gasteiger partial charge in [-0.25, -0.2) is 13.1 Å². The van der Waals surface area contributed by atoms with Gasteiger partial charge in [-0.05, 0) is 37.1 Å². The van der Waals surface area contributed by atoms with Crippen LogP contribution < -0.4 is 14.9 Å². The van der Waals surface area contributed by atoms with Crippen LogP contribution in [0.2, 0.25) is 0 Å². The zero-order chi connectivity index (χ0) is 18.4. The standard InChI is InChI=1S/C19H24N4O2S/c1-2-20-19(23-15-12-16-8-6-7-11-18(16)23)21-13-14-22-26(24,25)17-9-4-3-5-10-17/h3-11,22H,2,12-15H2,1H3,(H,20,21). The van der Waals surface area contributed by atoms with Crippen LogP contribution in [0.15, 0.2) is 64.5 Å². The van der Waals surface area contributed by atoms with Gasteiger partial charge >= 0.3 is 0 Å². The fourth-order valence-corrected chi connectivity index (χ4v) is 4.02. The summed E-state index contributed by atoms with van der Waals surface area (Å²) in [6, 6.07) is 16.7. The monoisotopic (exact) mass is 372 g/mol. The number of anilines is 1. The molecule has 0 bridgehead atoms. The van der Waals surface area contributed by atoms with Crippen molar-refractivity contribution in [2.24, 2.45) is 4.99 Å². The Morgan fingerprint density at radius 2 is 1.85 bits per heavy atom. The van der Waals surface area contributed by atoms with Gasteiger partial charge in [0.2, 0.25) is 10.0 Å². The third-order valence-electron chi connectivity index (χ3n) is 4.20. The van der Waals surface area contributed by atoms with E-state index in [9.17, 15) is 8.42 Å². The van der Waals surface area contributed by atoms with Crippen molar-refractivity contribution >= 4 is 21.7 Å². The number of hydrogen-bond donors (Lipinski definition) is 2. The van der Waals surface area contributed by atoms with Gasteiger partial charge in [-0.3, -0.25) is 4.99 Å². The molecule has 3 rings (SSSR count). The molecule has 1 aliphatic rings. The molecule has 0 saturated heterocycles. The van der Waals surface area contributed by atoms with Crippen LogP contribution in [0, 0.1) is 0 Å². The minimum absolute atomic E-state index is 0.252. The third kappa shape index (κ3) is 4.23. The van der Waals surface area contributed by atoms with Crippen molar-refractivity contribution in [1.82, 2.24) is 10.0 Å². The minimum atomic E-state index is -3.49. The van der Waals surface area contributed by atoms with Crippen LogP contribution >= 0.6 is 0 Å². The Balaban J connectivity index is 1.64. The van der Waals surface area contributed by atoms with Crippen molar-refractivity contribution < 1.29 is 8.42 Å². The summed E-state index contributed by atoms with van der Waals surface area (Å²) in [6.07, 6.45) is 0.987. The quantitative estimate of drug-likeness (QED) is 0.462. The van der Waals surface area contributed by atoms with Crippen LogP contribution in [-0.2, 0) is 16.4 Å². The third-order valence-corrected chi connectivity index (χ3v) is 5.67. The Morgan fingerprint density at radius 3 is 2.62 bits per heavy atom. The van der Waals surface area contributed by atoms with Gasteiger partial charge in [0, 0.05) is 25.3 Å². The molecule has 0 spiro atoms. The number of para-hydroxylation sites is 1. The second-order valence-corrected chi connectivity index (χ2v) is 7.74. The number of hydrogen-bond acceptors (Lipinski definition) is 3. The molecule has 0 aliphatic carbocycles. The molecule has 0 atom stereocenters. The van der Waals surface area contributed by atoms with Gasteiger partial charge in [-0.15, -0.1) is 0 Å². The summed E-state index contributed by atoms with van der Waals surface area (Å²) in [5.74, 6) is 0.788. The van der Waals surface area contributed by atoms with Crippen LogP contribution in [0.1, 0.15) is 12.5 Å². The van der Waals surface area contributed by atoms with Crippen molar-refractivity contribution in [1.29, 1.82) is 0 Å². The van der Waals surface area contributed by atoms with E-state index in [0.29, 0.717) is 6.54 Å². The van der Waals surface area contributed by atoms with Crippen LogP contribution in [-0.4, -0.2) is 40.6 Å². The maximum Gasteiger partial charge on any atom is 0.240 e. The van der Waals surface area contributed by atoms with Gasteiger partial charge in [-0.1, -0.05) is 36.4 Å². The van der Waals surface area contributed by atoms with Crippen molar-refractivity contribution in [2.45, 2.75) is 18.2 Å². The lowest BCUT2D eigenvalue weighted by Crippen LogP contribution is -2.41. The Bertz CT molecular complexity index is 866. The lowest BCUT2D eigenvalue weighted by Gasteiger charge is -2.22. The Hall–Kier alpha value is -2.38. The lowest BCUT2D eigenvalue weighted by atomic mass is 10.2. The van der Waals surface area contributed by atoms with Crippen molar-refractivity contribution in [3.63, 3.8) is 0 Å². The van der Waals surface area contributed by atoms with Crippen LogP contribution in [0.4, 0.5) is 5.69 Å². The first-order chi connectivity index (χ1) is 12.6. The van der Waals surface area contributed by atoms with E-state index in [-0.39, 0.29) is 11.4 Å². The predicted molar refractivity (Wildman–Crippen MR) is 105 cm³/mol. The molecule has 0 unspecified atom stereocenters. The highest BCUT2D eigenvalue weighted by Gasteiger charge is 2.22. The van der Waals surface area contributed by atoms with Gasteiger partial charge < -0.3 is 10.2 Å². The zero-order valence-electron chi connectivity index (χ0n) is 14.9. The molecule has 26 heavy (non-hydrogen) atoms. The number of nitrogens with zero attached hydrogens (tertiary/aromatic N) is 2. The van der Waals surface area contributed by atoms with Crippen molar-refractivity contribution in [3.05, 3.63) is 60.2 Å². The van der Waals surface area contributed by atoms with Crippen molar-refractivity contribution in [3.8, 4) is 0 Å². The predicted octanol–water partition coefficient (Wildman–Crippen LogP) is 1.99. The summed E-state index contributed by atoms with van der Waals surface area (Å²) in [5, 5.41) is 3.29. The number of sulfonamides is 1. The molecule has 2 aromatic carbocycles. The molecule has 0 fully saturated rings. The molecule has 138 valence electrons. The summed E-state index contributed by atoms with van der Waals surface area (Å²) in [4.78, 5) is 7.02. The summed E-state index contributed by atoms with van der Waals surface area (Å²) in [7, 11) is -3.49. The van der Waals surface area contributed by atoms with E-state index in [1.807, 2.05) is 19.1 Å². The molecular formula is C19H24N4O2S. The number of nitrogens with one attached hydrogen (secondary N) is 2. The zero-order valence-corrected chi connectivity index (χ0v) is 15.7. The van der Waals surface area contributed by atoms with E-state index in [4.69, 9.17) is 0 Å². The van der Waals surface area contributed by atoms with E-state index in [0.717, 1.165) is 31.2 Å². The average molecular weight is 372 g/mol. The van der Waals surface area contributed by atoms with E-state index < -0.39 is 10.0 Å². The molecule has 1 heterocycles. The Morgan fingerprint density at radius 1 is 1.12 bits per heavy atom. The molecule has 1 aliphatic heterocycles. The lowest BCUT2D eigenvalue weighted by molar-refractivity contribution is 0.582. The maximum absolute atomic E-state index is 12.2. The Labute approximate surface area is 155 Å². The Kier molecular flexibility index (Phi) is 5.90. The van der Waals surface area contributed by atoms with E-state index >= 15 is 0 Å². The highest BCUT2D eigenvalue weighted by Crippen LogP contribution is 2.27. The van der Waals surface area contributed by atoms with E-state index in [2.05, 4.69) is 32.1 Å². The number of fused-ring (bicyclic) bond motifs is 1. The van der Waals surface area contributed by atoms with E-state index in [1.165, 1.54) is 5.56 Å². The fourth-order valence-electron chi connectivity index (χ4n) is 2.98. The smallest absolute Gasteiger partial charge is 0.240 e. The van der Waals surface area contributed by atoms with Crippen molar-refractivity contribution in [2.75, 3.05) is 31.1 Å². The SMILES string of the molecule is CCNC(=NCCNS(=O)(=O)c1ccccc1)N1CCc2ccccc21. The maximum atomic E-state index is 12.2. The number of rotatable bonds is 6. The highest BCUT2D eigenvalue weighted by atomic mass is 32.2. The molecule has 7 heteroatoms. The van der Waals surface area contributed by atoms with Gasteiger partial charge in [0.1, 0.15) is 0 Å². The minimum Gasteiger partial charge on any atom is -0.356 e. The molecule has 0 aromatic heterocycles. The molecule has 0 saturated carbocycles. The van der Waals surface area contributed by atoms with E-state index in [1.54, 1.807) is 30.3 Å². The van der Waals surface area contributed by atoms with Gasteiger partial charge in [0.25, 0.3) is 0 Å². The van der Waals surface area contributed by atoms with Gasteiger partial charge in [0.15, 0.2) is 5.96 Å². The fraction of sp³-hybridized carbons (Fsp3) is 0.316. The summed E-state index contributed by atoms with van der Waals surface area (Å²) in [6.45, 7) is 4.28. The van der Waals surface area contributed by atoms with Crippen LogP contribution in [0.25, 0.3) is 0 Å². The summed E-state index contributed by atoms with van der Waals surface area (Å²) >= 11 is 0. The largest absolute Gasteiger partial charge is 0.356 e. The topological polar surface area (TPSA) is 73.8 Å². The molecular weight excluding hydrogens is 348 g/mol. The van der Waals surface area contributed by atoms with Gasteiger partial charge in [0.05, 0.1) is 11.4 Å². The molecule has 6 nitrogen and oxygen atoms in total. The first-order valence-corrected chi connectivity index (χ1v) is 10.3. The number of guanidine groups is 1. The number of aliphatic imine (C=N–C) groups is 1.